The molecule has 30 heavy (non-hydrogen) atoms. The lowest BCUT2D eigenvalue weighted by atomic mass is 9.96. The maximum atomic E-state index is 13.5. The molecule has 3 aromatic carbocycles. The van der Waals surface area contributed by atoms with Crippen molar-refractivity contribution in [2.45, 2.75) is 6.42 Å². The molecule has 0 radical (unpaired) electrons. The molecule has 3 aromatic rings. The Morgan fingerprint density at radius 2 is 1.70 bits per heavy atom. The highest BCUT2D eigenvalue weighted by molar-refractivity contribution is 5.95. The minimum Gasteiger partial charge on any atom is -0.354 e. The summed E-state index contributed by atoms with van der Waals surface area (Å²) in [6, 6.07) is 23.9. The zero-order chi connectivity index (χ0) is 20.9. The number of carbonyl (C=O) groups is 2. The number of hydrogen-bond acceptors (Lipinski definition) is 2. The van der Waals surface area contributed by atoms with E-state index in [-0.39, 0.29) is 17.7 Å². The van der Waals surface area contributed by atoms with Crippen LogP contribution in [0.15, 0.2) is 78.9 Å². The van der Waals surface area contributed by atoms with E-state index >= 15 is 0 Å². The summed E-state index contributed by atoms with van der Waals surface area (Å²) in [4.78, 5) is 27.0. The van der Waals surface area contributed by atoms with Gasteiger partial charge in [0, 0.05) is 25.2 Å². The summed E-state index contributed by atoms with van der Waals surface area (Å²) in [5.41, 5.74) is 3.60. The summed E-state index contributed by atoms with van der Waals surface area (Å²) in [6.45, 7) is 1.11. The Bertz CT molecular complexity index is 1030. The van der Waals surface area contributed by atoms with Crippen LogP contribution in [-0.4, -0.2) is 36.3 Å². The molecule has 1 aliphatic heterocycles. The van der Waals surface area contributed by atoms with Crippen LogP contribution in [0.1, 0.15) is 15.9 Å². The molecule has 0 spiro atoms. The Balaban J connectivity index is 1.48. The van der Waals surface area contributed by atoms with Crippen molar-refractivity contribution in [3.63, 3.8) is 0 Å². The van der Waals surface area contributed by atoms with E-state index < -0.39 is 5.82 Å². The number of rotatable bonds is 4. The SMILES string of the molecule is O=C1NCCN(C(=O)c2cccc(F)c2)C[C@H]1Cc1ccc(-c2ccccc2)cc1. The van der Waals surface area contributed by atoms with Crippen molar-refractivity contribution >= 4 is 11.8 Å². The smallest absolute Gasteiger partial charge is 0.254 e. The molecule has 1 fully saturated rings. The molecular formula is C25H23FN2O2. The average Bonchev–Trinajstić information content (AvgIpc) is 2.96. The van der Waals surface area contributed by atoms with Crippen molar-refractivity contribution in [3.05, 3.63) is 95.8 Å². The molecule has 0 aromatic heterocycles. The molecule has 152 valence electrons. The fourth-order valence-electron chi connectivity index (χ4n) is 3.79. The molecule has 1 heterocycles. The Morgan fingerprint density at radius 3 is 2.43 bits per heavy atom. The third kappa shape index (κ3) is 4.57. The minimum absolute atomic E-state index is 0.0586. The van der Waals surface area contributed by atoms with Gasteiger partial charge >= 0.3 is 0 Å². The van der Waals surface area contributed by atoms with Crippen LogP contribution in [0.4, 0.5) is 4.39 Å². The highest BCUT2D eigenvalue weighted by Gasteiger charge is 2.28. The summed E-state index contributed by atoms with van der Waals surface area (Å²) in [5.74, 6) is -1.11. The van der Waals surface area contributed by atoms with Crippen LogP contribution >= 0.6 is 0 Å². The molecule has 0 aliphatic carbocycles. The maximum absolute atomic E-state index is 13.5. The second-order valence-corrected chi connectivity index (χ2v) is 7.52. The summed E-state index contributed by atoms with van der Waals surface area (Å²) in [5, 5.41) is 2.89. The number of halogens is 1. The Hall–Kier alpha value is -3.47. The van der Waals surface area contributed by atoms with Crippen molar-refractivity contribution in [1.82, 2.24) is 10.2 Å². The van der Waals surface area contributed by atoms with Gasteiger partial charge in [-0.1, -0.05) is 60.7 Å². The largest absolute Gasteiger partial charge is 0.354 e. The molecule has 4 rings (SSSR count). The van der Waals surface area contributed by atoms with Gasteiger partial charge in [0.25, 0.3) is 5.91 Å². The van der Waals surface area contributed by atoms with Gasteiger partial charge in [-0.3, -0.25) is 9.59 Å². The standard InChI is InChI=1S/C25H23FN2O2/c26-23-8-4-7-21(16-23)25(30)28-14-13-27-24(29)22(17-28)15-18-9-11-20(12-10-18)19-5-2-1-3-6-19/h1-12,16,22H,13-15,17H2,(H,27,29)/t22-/m1/s1. The molecular weight excluding hydrogens is 379 g/mol. The van der Waals surface area contributed by atoms with E-state index in [0.717, 1.165) is 16.7 Å². The molecule has 1 saturated heterocycles. The first-order valence-corrected chi connectivity index (χ1v) is 10.1. The average molecular weight is 402 g/mol. The van der Waals surface area contributed by atoms with E-state index in [1.807, 2.05) is 30.3 Å². The molecule has 0 unspecified atom stereocenters. The van der Waals surface area contributed by atoms with Crippen LogP contribution in [0.2, 0.25) is 0 Å². The van der Waals surface area contributed by atoms with E-state index in [9.17, 15) is 14.0 Å². The van der Waals surface area contributed by atoms with Gasteiger partial charge in [-0.25, -0.2) is 4.39 Å². The van der Waals surface area contributed by atoms with Crippen LogP contribution < -0.4 is 5.32 Å². The van der Waals surface area contributed by atoms with Gasteiger partial charge in [-0.05, 0) is 41.3 Å². The van der Waals surface area contributed by atoms with Gasteiger partial charge in [-0.2, -0.15) is 0 Å². The number of nitrogens with one attached hydrogen (secondary N) is 1. The van der Waals surface area contributed by atoms with E-state index in [0.29, 0.717) is 31.6 Å². The lowest BCUT2D eigenvalue weighted by Crippen LogP contribution is -2.37. The Morgan fingerprint density at radius 1 is 0.967 bits per heavy atom. The Kier molecular flexibility index (Phi) is 5.89. The maximum Gasteiger partial charge on any atom is 0.254 e. The van der Waals surface area contributed by atoms with Crippen LogP contribution in [0.3, 0.4) is 0 Å². The lowest BCUT2D eigenvalue weighted by molar-refractivity contribution is -0.124. The predicted octanol–water partition coefficient (Wildman–Crippen LogP) is 3.92. The lowest BCUT2D eigenvalue weighted by Gasteiger charge is -2.23. The number of hydrogen-bond donors (Lipinski definition) is 1. The normalized spacial score (nSPS) is 16.6. The van der Waals surface area contributed by atoms with Crippen molar-refractivity contribution < 1.29 is 14.0 Å². The predicted molar refractivity (Wildman–Crippen MR) is 114 cm³/mol. The van der Waals surface area contributed by atoms with Crippen molar-refractivity contribution in [1.29, 1.82) is 0 Å². The zero-order valence-electron chi connectivity index (χ0n) is 16.6. The van der Waals surface area contributed by atoms with Gasteiger partial charge in [0.2, 0.25) is 5.91 Å². The van der Waals surface area contributed by atoms with Gasteiger partial charge < -0.3 is 10.2 Å². The third-order valence-corrected chi connectivity index (χ3v) is 5.39. The fourth-order valence-corrected chi connectivity index (χ4v) is 3.79. The second-order valence-electron chi connectivity index (χ2n) is 7.52. The second kappa shape index (κ2) is 8.91. The van der Waals surface area contributed by atoms with Crippen LogP contribution in [0, 0.1) is 11.7 Å². The van der Waals surface area contributed by atoms with Crippen LogP contribution in [0.25, 0.3) is 11.1 Å². The quantitative estimate of drug-likeness (QED) is 0.719. The number of carbonyl (C=O) groups excluding carboxylic acids is 2. The van der Waals surface area contributed by atoms with Crippen LogP contribution in [-0.2, 0) is 11.2 Å². The number of nitrogens with zero attached hydrogens (tertiary/aromatic N) is 1. The monoisotopic (exact) mass is 402 g/mol. The minimum atomic E-state index is -0.445. The summed E-state index contributed by atoms with van der Waals surface area (Å²) in [7, 11) is 0. The molecule has 2 amide bonds. The highest BCUT2D eigenvalue weighted by Crippen LogP contribution is 2.21. The van der Waals surface area contributed by atoms with Gasteiger partial charge in [-0.15, -0.1) is 0 Å². The van der Waals surface area contributed by atoms with Crippen LogP contribution in [0.5, 0.6) is 0 Å². The first-order valence-electron chi connectivity index (χ1n) is 10.1. The van der Waals surface area contributed by atoms with E-state index in [1.165, 1.54) is 18.2 Å². The zero-order valence-corrected chi connectivity index (χ0v) is 16.6. The van der Waals surface area contributed by atoms with Gasteiger partial charge in [0.05, 0.1) is 5.92 Å². The Labute approximate surface area is 175 Å². The molecule has 4 nitrogen and oxygen atoms in total. The highest BCUT2D eigenvalue weighted by atomic mass is 19.1. The van der Waals surface area contributed by atoms with Crippen molar-refractivity contribution in [3.8, 4) is 11.1 Å². The van der Waals surface area contributed by atoms with E-state index in [4.69, 9.17) is 0 Å². The summed E-state index contributed by atoms with van der Waals surface area (Å²) < 4.78 is 13.5. The summed E-state index contributed by atoms with van der Waals surface area (Å²) >= 11 is 0. The molecule has 1 N–H and O–H groups in total. The molecule has 0 saturated carbocycles. The first-order chi connectivity index (χ1) is 14.6. The first kappa shape index (κ1) is 19.8. The molecule has 5 heteroatoms. The van der Waals surface area contributed by atoms with E-state index in [1.54, 1.807) is 11.0 Å². The van der Waals surface area contributed by atoms with Crippen molar-refractivity contribution in [2.75, 3.05) is 19.6 Å². The molecule has 1 atom stereocenters. The molecule has 0 bridgehead atoms. The number of benzene rings is 3. The van der Waals surface area contributed by atoms with Gasteiger partial charge in [0.15, 0.2) is 0 Å². The molecule has 1 aliphatic rings. The van der Waals surface area contributed by atoms with E-state index in [2.05, 4.69) is 29.6 Å². The summed E-state index contributed by atoms with van der Waals surface area (Å²) in [6.07, 6.45) is 0.536. The van der Waals surface area contributed by atoms with Gasteiger partial charge in [0.1, 0.15) is 5.82 Å². The topological polar surface area (TPSA) is 49.4 Å². The third-order valence-electron chi connectivity index (χ3n) is 5.39. The van der Waals surface area contributed by atoms with Crippen molar-refractivity contribution in [2.24, 2.45) is 5.92 Å². The fraction of sp³-hybridized carbons (Fsp3) is 0.200. The number of amides is 2.